The van der Waals surface area contributed by atoms with Crippen molar-refractivity contribution < 1.29 is 8.42 Å². The molecule has 20 heavy (non-hydrogen) atoms. The lowest BCUT2D eigenvalue weighted by Gasteiger charge is -2.29. The first-order valence-electron chi connectivity index (χ1n) is 7.29. The molecule has 2 rings (SSSR count). The predicted molar refractivity (Wildman–Crippen MR) is 78.0 cm³/mol. The summed E-state index contributed by atoms with van der Waals surface area (Å²) >= 11 is 0. The molecule has 2 heterocycles. The molecule has 1 fully saturated rings. The summed E-state index contributed by atoms with van der Waals surface area (Å²) in [7, 11) is -3.47. The lowest BCUT2D eigenvalue weighted by Crippen LogP contribution is -2.46. The van der Waals surface area contributed by atoms with Crippen LogP contribution in [0.1, 0.15) is 38.4 Å². The molecule has 114 valence electrons. The van der Waals surface area contributed by atoms with Gasteiger partial charge in [0.05, 0.1) is 6.20 Å². The lowest BCUT2D eigenvalue weighted by atomic mass is 10.1. The molecule has 0 aliphatic carbocycles. The molecule has 1 aromatic rings. The molecule has 2 N–H and O–H groups in total. The number of aromatic nitrogens is 2. The van der Waals surface area contributed by atoms with Gasteiger partial charge in [0, 0.05) is 19.1 Å². The number of piperidine rings is 1. The second-order valence-corrected chi connectivity index (χ2v) is 7.25. The van der Waals surface area contributed by atoms with Crippen LogP contribution in [0.4, 0.5) is 0 Å². The minimum atomic E-state index is -3.47. The number of nitrogens with zero attached hydrogens (tertiary/aromatic N) is 2. The maximum Gasteiger partial charge on any atom is 0.260 e. The van der Waals surface area contributed by atoms with Crippen LogP contribution in [0.2, 0.25) is 0 Å². The van der Waals surface area contributed by atoms with Crippen molar-refractivity contribution >= 4 is 10.0 Å². The average molecular weight is 300 g/mol. The minimum absolute atomic E-state index is 0.194. The number of H-pyrrole nitrogens is 1. The van der Waals surface area contributed by atoms with Gasteiger partial charge >= 0.3 is 0 Å². The molecule has 0 spiro atoms. The first kappa shape index (κ1) is 15.5. The predicted octanol–water partition coefficient (Wildman–Crippen LogP) is 1.26. The normalized spacial score (nSPS) is 20.4. The summed E-state index contributed by atoms with van der Waals surface area (Å²) in [5.41, 5.74) is 0. The molecular weight excluding hydrogens is 276 g/mol. The van der Waals surface area contributed by atoms with E-state index in [1.165, 1.54) is 19.0 Å². The van der Waals surface area contributed by atoms with Crippen LogP contribution in [0.3, 0.4) is 0 Å². The van der Waals surface area contributed by atoms with Crippen LogP contribution in [0, 0.1) is 6.92 Å². The number of aromatic amines is 1. The number of rotatable bonds is 6. The Labute approximate surface area is 121 Å². The molecule has 1 atom stereocenters. The fourth-order valence-corrected chi connectivity index (χ4v) is 4.09. The number of aryl methyl sites for hydroxylation is 1. The monoisotopic (exact) mass is 300 g/mol. The topological polar surface area (TPSA) is 78.1 Å². The van der Waals surface area contributed by atoms with E-state index < -0.39 is 10.0 Å². The molecule has 0 amide bonds. The summed E-state index contributed by atoms with van der Waals surface area (Å²) in [5, 5.41) is 3.60. The van der Waals surface area contributed by atoms with Gasteiger partial charge in [0.2, 0.25) is 0 Å². The SMILES string of the molecule is CCCN(CC1CCCCN1)S(=O)(=O)c1cnc(C)[nH]1. The number of imidazole rings is 1. The molecule has 7 heteroatoms. The van der Waals surface area contributed by atoms with Crippen LogP contribution in [-0.2, 0) is 10.0 Å². The largest absolute Gasteiger partial charge is 0.332 e. The van der Waals surface area contributed by atoms with Crippen LogP contribution in [0.15, 0.2) is 11.2 Å². The zero-order valence-electron chi connectivity index (χ0n) is 12.2. The first-order valence-corrected chi connectivity index (χ1v) is 8.73. The van der Waals surface area contributed by atoms with Crippen molar-refractivity contribution in [2.75, 3.05) is 19.6 Å². The summed E-state index contributed by atoms with van der Waals surface area (Å²) in [5.74, 6) is 0.621. The van der Waals surface area contributed by atoms with Crippen molar-refractivity contribution in [1.29, 1.82) is 0 Å². The van der Waals surface area contributed by atoms with E-state index in [0.29, 0.717) is 18.9 Å². The zero-order valence-corrected chi connectivity index (χ0v) is 13.0. The standard InChI is InChI=1S/C13H24N4O2S/c1-3-8-17(10-12-6-4-5-7-14-12)20(18,19)13-9-15-11(2)16-13/h9,12,14H,3-8,10H2,1-2H3,(H,15,16). The van der Waals surface area contributed by atoms with Crippen LogP contribution in [0.5, 0.6) is 0 Å². The zero-order chi connectivity index (χ0) is 14.6. The molecule has 1 aromatic heterocycles. The Bertz CT molecular complexity index is 520. The lowest BCUT2D eigenvalue weighted by molar-refractivity contribution is 0.312. The Kier molecular flexibility index (Phi) is 5.17. The molecule has 0 bridgehead atoms. The number of sulfonamides is 1. The molecule has 0 saturated carbocycles. The van der Waals surface area contributed by atoms with E-state index in [4.69, 9.17) is 0 Å². The highest BCUT2D eigenvalue weighted by atomic mass is 32.2. The van der Waals surface area contributed by atoms with Crippen molar-refractivity contribution in [2.45, 2.75) is 50.6 Å². The Hall–Kier alpha value is -0.920. The first-order chi connectivity index (χ1) is 9.54. The van der Waals surface area contributed by atoms with Gasteiger partial charge in [0.25, 0.3) is 10.0 Å². The van der Waals surface area contributed by atoms with Gasteiger partial charge in [0.1, 0.15) is 5.82 Å². The van der Waals surface area contributed by atoms with Gasteiger partial charge in [-0.3, -0.25) is 0 Å². The van der Waals surface area contributed by atoms with Crippen molar-refractivity contribution in [3.05, 3.63) is 12.0 Å². The second-order valence-electron chi connectivity index (χ2n) is 5.34. The summed E-state index contributed by atoms with van der Waals surface area (Å²) in [6.45, 7) is 5.81. The second kappa shape index (κ2) is 6.69. The van der Waals surface area contributed by atoms with E-state index in [1.54, 1.807) is 11.2 Å². The number of hydrogen-bond donors (Lipinski definition) is 2. The van der Waals surface area contributed by atoms with E-state index in [2.05, 4.69) is 15.3 Å². The van der Waals surface area contributed by atoms with Gasteiger partial charge in [-0.25, -0.2) is 13.4 Å². The maximum atomic E-state index is 12.6. The van der Waals surface area contributed by atoms with Crippen LogP contribution in [0.25, 0.3) is 0 Å². The summed E-state index contributed by atoms with van der Waals surface area (Å²) in [6, 6.07) is 0.258. The molecular formula is C13H24N4O2S. The average Bonchev–Trinajstić information content (AvgIpc) is 2.87. The van der Waals surface area contributed by atoms with E-state index in [0.717, 1.165) is 19.4 Å². The van der Waals surface area contributed by atoms with E-state index in [-0.39, 0.29) is 11.1 Å². The van der Waals surface area contributed by atoms with E-state index >= 15 is 0 Å². The van der Waals surface area contributed by atoms with Gasteiger partial charge in [-0.05, 0) is 32.7 Å². The van der Waals surface area contributed by atoms with Gasteiger partial charge in [-0.15, -0.1) is 0 Å². The van der Waals surface area contributed by atoms with Crippen LogP contribution >= 0.6 is 0 Å². The highest BCUT2D eigenvalue weighted by molar-refractivity contribution is 7.89. The summed E-state index contributed by atoms with van der Waals surface area (Å²) in [4.78, 5) is 6.83. The molecule has 0 radical (unpaired) electrons. The smallest absolute Gasteiger partial charge is 0.260 e. The van der Waals surface area contributed by atoms with Gasteiger partial charge in [0.15, 0.2) is 5.03 Å². The minimum Gasteiger partial charge on any atom is -0.332 e. The Morgan fingerprint density at radius 1 is 1.45 bits per heavy atom. The maximum absolute atomic E-state index is 12.6. The molecule has 1 unspecified atom stereocenters. The fraction of sp³-hybridized carbons (Fsp3) is 0.769. The Balaban J connectivity index is 2.14. The summed E-state index contributed by atoms with van der Waals surface area (Å²) < 4.78 is 26.8. The third kappa shape index (κ3) is 3.59. The van der Waals surface area contributed by atoms with E-state index in [9.17, 15) is 8.42 Å². The fourth-order valence-electron chi connectivity index (χ4n) is 2.55. The highest BCUT2D eigenvalue weighted by Crippen LogP contribution is 2.17. The number of hydrogen-bond acceptors (Lipinski definition) is 4. The third-order valence-corrected chi connectivity index (χ3v) is 5.38. The Morgan fingerprint density at radius 2 is 2.25 bits per heavy atom. The molecule has 6 nitrogen and oxygen atoms in total. The van der Waals surface area contributed by atoms with Gasteiger partial charge < -0.3 is 10.3 Å². The van der Waals surface area contributed by atoms with Crippen molar-refractivity contribution in [3.63, 3.8) is 0 Å². The van der Waals surface area contributed by atoms with Crippen molar-refractivity contribution in [2.24, 2.45) is 0 Å². The third-order valence-electron chi connectivity index (χ3n) is 3.61. The molecule has 1 aliphatic rings. The summed E-state index contributed by atoms with van der Waals surface area (Å²) in [6.07, 6.45) is 5.59. The van der Waals surface area contributed by atoms with Crippen LogP contribution < -0.4 is 5.32 Å². The molecule has 1 aliphatic heterocycles. The van der Waals surface area contributed by atoms with Crippen LogP contribution in [-0.4, -0.2) is 48.4 Å². The van der Waals surface area contributed by atoms with Crippen molar-refractivity contribution in [3.8, 4) is 0 Å². The quantitative estimate of drug-likeness (QED) is 0.829. The van der Waals surface area contributed by atoms with Gasteiger partial charge in [-0.2, -0.15) is 4.31 Å². The Morgan fingerprint density at radius 3 is 2.80 bits per heavy atom. The molecule has 0 aromatic carbocycles. The van der Waals surface area contributed by atoms with E-state index in [1.807, 2.05) is 6.92 Å². The highest BCUT2D eigenvalue weighted by Gasteiger charge is 2.28. The van der Waals surface area contributed by atoms with Gasteiger partial charge in [-0.1, -0.05) is 13.3 Å². The molecule has 1 saturated heterocycles. The van der Waals surface area contributed by atoms with Crippen molar-refractivity contribution in [1.82, 2.24) is 19.6 Å². The number of nitrogens with one attached hydrogen (secondary N) is 2.